The van der Waals surface area contributed by atoms with E-state index < -0.39 is 0 Å². The Labute approximate surface area is 103 Å². The molecule has 0 bridgehead atoms. The van der Waals surface area contributed by atoms with Crippen molar-refractivity contribution >= 4 is 44.0 Å². The summed E-state index contributed by atoms with van der Waals surface area (Å²) in [6.07, 6.45) is 0. The lowest BCUT2D eigenvalue weighted by Crippen LogP contribution is -1.77. The summed E-state index contributed by atoms with van der Waals surface area (Å²) in [5.41, 5.74) is 0. The average molecular weight is 242 g/mol. The largest absolute Gasteiger partial charge is 0.106 e. The van der Waals surface area contributed by atoms with Crippen LogP contribution in [0, 0.1) is 0 Å². The third-order valence-corrected chi connectivity index (χ3v) is 3.92. The van der Waals surface area contributed by atoms with E-state index in [1.165, 1.54) is 37.2 Å². The van der Waals surface area contributed by atoms with Crippen molar-refractivity contribution in [3.63, 3.8) is 0 Å². The van der Waals surface area contributed by atoms with Gasteiger partial charge in [-0.25, -0.2) is 0 Å². The smallest absolute Gasteiger partial charge is 0.0186 e. The zero-order valence-corrected chi connectivity index (χ0v) is 10.3. The van der Waals surface area contributed by atoms with Gasteiger partial charge >= 0.3 is 0 Å². The fraction of sp³-hybridized carbons (Fsp3) is 0. The second-order valence-electron chi connectivity index (χ2n) is 3.76. The van der Waals surface area contributed by atoms with Gasteiger partial charge in [-0.1, -0.05) is 53.3 Å². The molecule has 0 spiro atoms. The Hall–Kier alpha value is -1.12. The molecular formula is C14H10S2. The number of rotatable bonds is 1. The highest BCUT2D eigenvalue weighted by atomic mass is 33.1. The normalized spacial score (nSPS) is 11.1. The minimum Gasteiger partial charge on any atom is -0.106 e. The molecule has 0 saturated heterocycles. The highest BCUT2D eigenvalue weighted by Gasteiger charge is 2.00. The van der Waals surface area contributed by atoms with Crippen LogP contribution in [0.25, 0.3) is 21.5 Å². The molecule has 3 rings (SSSR count). The predicted molar refractivity (Wildman–Crippen MR) is 76.3 cm³/mol. The van der Waals surface area contributed by atoms with Gasteiger partial charge in [0.1, 0.15) is 0 Å². The van der Waals surface area contributed by atoms with E-state index in [0.717, 1.165) is 0 Å². The highest BCUT2D eigenvalue weighted by Crippen LogP contribution is 2.30. The first kappa shape index (κ1) is 10.1. The van der Waals surface area contributed by atoms with Crippen LogP contribution in [0.4, 0.5) is 0 Å². The summed E-state index contributed by atoms with van der Waals surface area (Å²) in [7, 11) is 1.49. The van der Waals surface area contributed by atoms with Crippen molar-refractivity contribution in [3.8, 4) is 0 Å². The molecule has 0 aromatic heterocycles. The van der Waals surface area contributed by atoms with Crippen LogP contribution in [-0.2, 0) is 0 Å². The molecule has 0 atom stereocenters. The number of fused-ring (bicyclic) bond motifs is 3. The molecule has 3 aromatic rings. The number of hydrogen-bond acceptors (Lipinski definition) is 2. The summed E-state index contributed by atoms with van der Waals surface area (Å²) in [6, 6.07) is 19.3. The summed E-state index contributed by atoms with van der Waals surface area (Å²) in [6.45, 7) is 0. The molecule has 0 saturated carbocycles. The molecule has 0 N–H and O–H groups in total. The van der Waals surface area contributed by atoms with Crippen molar-refractivity contribution in [2.75, 3.05) is 0 Å². The molecule has 0 aliphatic carbocycles. The zero-order chi connectivity index (χ0) is 11.0. The molecule has 16 heavy (non-hydrogen) atoms. The molecule has 78 valence electrons. The van der Waals surface area contributed by atoms with E-state index >= 15 is 0 Å². The SMILES string of the molecule is SSc1ccc2ccc3ccccc3c2c1. The second kappa shape index (κ2) is 4.04. The van der Waals surface area contributed by atoms with Gasteiger partial charge in [-0.15, -0.1) is 11.7 Å². The Kier molecular flexibility index (Phi) is 2.54. The number of hydrogen-bond donors (Lipinski definition) is 1. The third kappa shape index (κ3) is 1.58. The minimum atomic E-state index is 1.19. The van der Waals surface area contributed by atoms with Crippen LogP contribution in [0.15, 0.2) is 59.5 Å². The molecule has 0 unspecified atom stereocenters. The Morgan fingerprint density at radius 1 is 0.750 bits per heavy atom. The van der Waals surface area contributed by atoms with E-state index in [1.807, 2.05) is 0 Å². The Balaban J connectivity index is 2.47. The molecule has 0 heterocycles. The third-order valence-electron chi connectivity index (χ3n) is 2.82. The maximum atomic E-state index is 4.25. The Morgan fingerprint density at radius 2 is 1.44 bits per heavy atom. The van der Waals surface area contributed by atoms with Crippen molar-refractivity contribution < 1.29 is 0 Å². The molecule has 2 heteroatoms. The summed E-state index contributed by atoms with van der Waals surface area (Å²) in [5, 5.41) is 5.18. The maximum absolute atomic E-state index is 4.25. The highest BCUT2D eigenvalue weighted by molar-refractivity contribution is 8.68. The first-order chi connectivity index (χ1) is 7.88. The van der Waals surface area contributed by atoms with Gasteiger partial charge in [0, 0.05) is 4.90 Å². The lowest BCUT2D eigenvalue weighted by molar-refractivity contribution is 1.53. The maximum Gasteiger partial charge on any atom is 0.0186 e. The topological polar surface area (TPSA) is 0 Å². The van der Waals surface area contributed by atoms with Gasteiger partial charge in [-0.3, -0.25) is 0 Å². The van der Waals surface area contributed by atoms with Crippen LogP contribution in [-0.4, -0.2) is 0 Å². The lowest BCUT2D eigenvalue weighted by atomic mass is 10.0. The number of benzene rings is 3. The first-order valence-electron chi connectivity index (χ1n) is 5.11. The van der Waals surface area contributed by atoms with Crippen molar-refractivity contribution in [2.45, 2.75) is 4.90 Å². The summed E-state index contributed by atoms with van der Waals surface area (Å²) >= 11 is 4.25. The van der Waals surface area contributed by atoms with Crippen molar-refractivity contribution in [3.05, 3.63) is 54.6 Å². The Bertz CT molecular complexity index is 659. The van der Waals surface area contributed by atoms with E-state index in [9.17, 15) is 0 Å². The van der Waals surface area contributed by atoms with E-state index in [0.29, 0.717) is 0 Å². The molecule has 3 aromatic carbocycles. The monoisotopic (exact) mass is 242 g/mol. The number of thiol groups is 1. The first-order valence-corrected chi connectivity index (χ1v) is 6.98. The molecule has 0 amide bonds. The summed E-state index contributed by atoms with van der Waals surface area (Å²) < 4.78 is 0. The molecule has 0 aliphatic rings. The fourth-order valence-corrected chi connectivity index (χ4v) is 2.68. The van der Waals surface area contributed by atoms with Gasteiger partial charge in [0.2, 0.25) is 0 Å². The van der Waals surface area contributed by atoms with Gasteiger partial charge in [0.15, 0.2) is 0 Å². The molecular weight excluding hydrogens is 232 g/mol. The van der Waals surface area contributed by atoms with Crippen molar-refractivity contribution in [2.24, 2.45) is 0 Å². The van der Waals surface area contributed by atoms with Crippen LogP contribution in [0.1, 0.15) is 0 Å². The van der Waals surface area contributed by atoms with E-state index in [2.05, 4.69) is 66.3 Å². The van der Waals surface area contributed by atoms with Crippen LogP contribution in [0.3, 0.4) is 0 Å². The van der Waals surface area contributed by atoms with Crippen LogP contribution >= 0.6 is 22.5 Å². The van der Waals surface area contributed by atoms with E-state index in [1.54, 1.807) is 0 Å². The van der Waals surface area contributed by atoms with Gasteiger partial charge in [-0.05, 0) is 33.7 Å². The van der Waals surface area contributed by atoms with Gasteiger partial charge in [-0.2, -0.15) is 0 Å². The second-order valence-corrected chi connectivity index (χ2v) is 4.96. The average Bonchev–Trinajstić information content (AvgIpc) is 2.38. The fourth-order valence-electron chi connectivity index (χ4n) is 2.04. The van der Waals surface area contributed by atoms with Crippen molar-refractivity contribution in [1.29, 1.82) is 0 Å². The standard InChI is InChI=1S/C14H10S2/c15-16-12-8-7-11-6-5-10-3-1-2-4-13(10)14(11)9-12/h1-9,15H. The Morgan fingerprint density at radius 3 is 2.25 bits per heavy atom. The van der Waals surface area contributed by atoms with Crippen LogP contribution < -0.4 is 0 Å². The molecule has 0 aliphatic heterocycles. The predicted octanol–water partition coefficient (Wildman–Crippen LogP) is 4.93. The van der Waals surface area contributed by atoms with E-state index in [4.69, 9.17) is 0 Å². The van der Waals surface area contributed by atoms with Crippen LogP contribution in [0.5, 0.6) is 0 Å². The quantitative estimate of drug-likeness (QED) is 0.358. The van der Waals surface area contributed by atoms with Crippen LogP contribution in [0.2, 0.25) is 0 Å². The van der Waals surface area contributed by atoms with Gasteiger partial charge in [0.05, 0.1) is 0 Å². The minimum absolute atomic E-state index is 1.19. The molecule has 0 fully saturated rings. The van der Waals surface area contributed by atoms with Gasteiger partial charge in [0.25, 0.3) is 0 Å². The molecule has 0 radical (unpaired) electrons. The lowest BCUT2D eigenvalue weighted by Gasteiger charge is -2.05. The van der Waals surface area contributed by atoms with E-state index in [-0.39, 0.29) is 0 Å². The summed E-state index contributed by atoms with van der Waals surface area (Å²) in [5.74, 6) is 0. The van der Waals surface area contributed by atoms with Gasteiger partial charge < -0.3 is 0 Å². The summed E-state index contributed by atoms with van der Waals surface area (Å²) in [4.78, 5) is 1.19. The van der Waals surface area contributed by atoms with Crippen molar-refractivity contribution in [1.82, 2.24) is 0 Å². The molecule has 0 nitrogen and oxygen atoms in total. The zero-order valence-electron chi connectivity index (χ0n) is 8.55.